The fourth-order valence-electron chi connectivity index (χ4n) is 3.29. The SMILES string of the molecule is N#Cc1ccccc1NC(=O)c1cnn2ccc(N3CCC[C@@H](N)C3)nc12. The third-order valence-electron chi connectivity index (χ3n) is 4.68. The summed E-state index contributed by atoms with van der Waals surface area (Å²) in [7, 11) is 0. The molecule has 2 aromatic heterocycles. The van der Waals surface area contributed by atoms with Crippen molar-refractivity contribution >= 4 is 23.1 Å². The Bertz CT molecular complexity index is 1040. The van der Waals surface area contributed by atoms with Gasteiger partial charge in [-0.05, 0) is 31.0 Å². The van der Waals surface area contributed by atoms with Crippen LogP contribution in [-0.4, -0.2) is 39.6 Å². The Morgan fingerprint density at radius 2 is 2.19 bits per heavy atom. The van der Waals surface area contributed by atoms with Crippen LogP contribution in [0.4, 0.5) is 11.5 Å². The summed E-state index contributed by atoms with van der Waals surface area (Å²) in [5.41, 5.74) is 7.75. The van der Waals surface area contributed by atoms with E-state index in [4.69, 9.17) is 5.73 Å². The van der Waals surface area contributed by atoms with Crippen LogP contribution in [0.5, 0.6) is 0 Å². The van der Waals surface area contributed by atoms with Gasteiger partial charge >= 0.3 is 0 Å². The number of hydrogen-bond donors (Lipinski definition) is 2. The summed E-state index contributed by atoms with van der Waals surface area (Å²) < 4.78 is 1.57. The molecule has 136 valence electrons. The van der Waals surface area contributed by atoms with Gasteiger partial charge in [-0.1, -0.05) is 12.1 Å². The van der Waals surface area contributed by atoms with E-state index in [0.29, 0.717) is 22.5 Å². The maximum atomic E-state index is 12.7. The largest absolute Gasteiger partial charge is 0.355 e. The number of nitriles is 1. The molecule has 0 unspecified atom stereocenters. The van der Waals surface area contributed by atoms with Crippen LogP contribution in [0.15, 0.2) is 42.7 Å². The summed E-state index contributed by atoms with van der Waals surface area (Å²) in [6.45, 7) is 1.64. The lowest BCUT2D eigenvalue weighted by molar-refractivity contribution is 0.102. The number of nitrogens with zero attached hydrogens (tertiary/aromatic N) is 5. The summed E-state index contributed by atoms with van der Waals surface area (Å²) in [6, 6.07) is 10.9. The molecule has 4 rings (SSSR count). The van der Waals surface area contributed by atoms with Gasteiger partial charge in [0.05, 0.1) is 17.4 Å². The van der Waals surface area contributed by atoms with Crippen LogP contribution in [0.2, 0.25) is 0 Å². The molecule has 1 aliphatic rings. The van der Waals surface area contributed by atoms with Crippen LogP contribution in [0.25, 0.3) is 5.65 Å². The zero-order valence-corrected chi connectivity index (χ0v) is 14.7. The lowest BCUT2D eigenvalue weighted by Crippen LogP contribution is -2.43. The Labute approximate surface area is 156 Å². The number of benzene rings is 1. The second-order valence-corrected chi connectivity index (χ2v) is 6.57. The smallest absolute Gasteiger partial charge is 0.261 e. The van der Waals surface area contributed by atoms with Crippen LogP contribution in [0.1, 0.15) is 28.8 Å². The summed E-state index contributed by atoms with van der Waals surface area (Å²) in [4.78, 5) is 19.5. The number of aromatic nitrogens is 3. The lowest BCUT2D eigenvalue weighted by atomic mass is 10.1. The standard InChI is InChI=1S/C19H19N7O/c20-10-13-4-1-2-6-16(13)23-19(27)15-11-22-26-9-7-17(24-18(15)26)25-8-3-5-14(21)12-25/h1-2,4,6-7,9,11,14H,3,5,8,12,21H2,(H,23,27)/t14-/m1/s1. The van der Waals surface area contributed by atoms with Crippen LogP contribution < -0.4 is 16.0 Å². The van der Waals surface area contributed by atoms with Gasteiger partial charge in [-0.2, -0.15) is 10.4 Å². The van der Waals surface area contributed by atoms with Crippen LogP contribution in [-0.2, 0) is 0 Å². The number of hydrogen-bond acceptors (Lipinski definition) is 6. The predicted molar refractivity (Wildman–Crippen MR) is 102 cm³/mol. The first-order chi connectivity index (χ1) is 13.2. The van der Waals surface area contributed by atoms with E-state index in [9.17, 15) is 10.1 Å². The molecule has 3 N–H and O–H groups in total. The zero-order chi connectivity index (χ0) is 18.8. The molecule has 1 atom stereocenters. The number of fused-ring (bicyclic) bond motifs is 1. The van der Waals surface area contributed by atoms with Gasteiger partial charge in [0.15, 0.2) is 5.65 Å². The van der Waals surface area contributed by atoms with Crippen molar-refractivity contribution in [2.24, 2.45) is 5.73 Å². The molecular weight excluding hydrogens is 342 g/mol. The van der Waals surface area contributed by atoms with Gasteiger partial charge in [0, 0.05) is 25.3 Å². The van der Waals surface area contributed by atoms with E-state index in [2.05, 4.69) is 26.4 Å². The molecule has 0 saturated carbocycles. The van der Waals surface area contributed by atoms with Gasteiger partial charge in [-0.25, -0.2) is 9.50 Å². The van der Waals surface area contributed by atoms with Gasteiger partial charge in [-0.15, -0.1) is 0 Å². The van der Waals surface area contributed by atoms with Gasteiger partial charge < -0.3 is 16.0 Å². The lowest BCUT2D eigenvalue weighted by Gasteiger charge is -2.31. The average molecular weight is 361 g/mol. The van der Waals surface area contributed by atoms with E-state index in [1.54, 1.807) is 35.0 Å². The summed E-state index contributed by atoms with van der Waals surface area (Å²) in [5.74, 6) is 0.428. The van der Waals surface area contributed by atoms with E-state index >= 15 is 0 Å². The number of rotatable bonds is 3. The van der Waals surface area contributed by atoms with Gasteiger partial charge in [-0.3, -0.25) is 4.79 Å². The number of carbonyl (C=O) groups excluding carboxylic acids is 1. The number of nitrogens with two attached hydrogens (primary N) is 1. The minimum atomic E-state index is -0.354. The maximum absolute atomic E-state index is 12.7. The summed E-state index contributed by atoms with van der Waals surface area (Å²) >= 11 is 0. The first kappa shape index (κ1) is 17.0. The topological polar surface area (TPSA) is 112 Å². The zero-order valence-electron chi connectivity index (χ0n) is 14.7. The molecule has 1 aromatic carbocycles. The van der Waals surface area contributed by atoms with E-state index < -0.39 is 0 Å². The van der Waals surface area contributed by atoms with Crippen LogP contribution >= 0.6 is 0 Å². The summed E-state index contributed by atoms with van der Waals surface area (Å²) in [6.07, 6.45) is 5.30. The minimum absolute atomic E-state index is 0.131. The van der Waals surface area contributed by atoms with Crippen molar-refractivity contribution in [2.75, 3.05) is 23.3 Å². The molecule has 1 saturated heterocycles. The first-order valence-corrected chi connectivity index (χ1v) is 8.81. The molecule has 3 heterocycles. The third kappa shape index (κ3) is 3.32. The van der Waals surface area contributed by atoms with E-state index in [-0.39, 0.29) is 11.9 Å². The third-order valence-corrected chi connectivity index (χ3v) is 4.68. The molecule has 0 bridgehead atoms. The Hall–Kier alpha value is -3.44. The van der Waals surface area contributed by atoms with Crippen molar-refractivity contribution in [1.82, 2.24) is 14.6 Å². The second-order valence-electron chi connectivity index (χ2n) is 6.57. The number of nitrogens with one attached hydrogen (secondary N) is 1. The first-order valence-electron chi connectivity index (χ1n) is 8.81. The van der Waals surface area contributed by atoms with Crippen LogP contribution in [0, 0.1) is 11.3 Å². The minimum Gasteiger partial charge on any atom is -0.355 e. The predicted octanol–water partition coefficient (Wildman–Crippen LogP) is 1.78. The summed E-state index contributed by atoms with van der Waals surface area (Å²) in [5, 5.41) is 16.2. The molecule has 0 aliphatic carbocycles. The Morgan fingerprint density at radius 3 is 3.00 bits per heavy atom. The molecule has 0 radical (unpaired) electrons. The molecule has 1 amide bonds. The molecule has 0 spiro atoms. The molecule has 8 nitrogen and oxygen atoms in total. The Kier molecular flexibility index (Phi) is 4.44. The van der Waals surface area contributed by atoms with Crippen molar-refractivity contribution in [2.45, 2.75) is 18.9 Å². The highest BCUT2D eigenvalue weighted by Gasteiger charge is 2.20. The normalized spacial score (nSPS) is 16.9. The van der Waals surface area contributed by atoms with Crippen LogP contribution in [0.3, 0.4) is 0 Å². The maximum Gasteiger partial charge on any atom is 0.261 e. The van der Waals surface area contributed by atoms with Crippen molar-refractivity contribution in [3.8, 4) is 6.07 Å². The van der Waals surface area contributed by atoms with E-state index in [0.717, 1.165) is 31.7 Å². The highest BCUT2D eigenvalue weighted by Crippen LogP contribution is 2.21. The molecule has 27 heavy (non-hydrogen) atoms. The van der Waals surface area contributed by atoms with Gasteiger partial charge in [0.2, 0.25) is 0 Å². The van der Waals surface area contributed by atoms with Gasteiger partial charge in [0.25, 0.3) is 5.91 Å². The number of amides is 1. The molecule has 3 aromatic rings. The van der Waals surface area contributed by atoms with Crippen molar-refractivity contribution in [3.63, 3.8) is 0 Å². The number of piperidine rings is 1. The van der Waals surface area contributed by atoms with Crippen molar-refractivity contribution in [3.05, 3.63) is 53.9 Å². The van der Waals surface area contributed by atoms with Crippen molar-refractivity contribution < 1.29 is 4.79 Å². The Morgan fingerprint density at radius 1 is 1.33 bits per heavy atom. The highest BCUT2D eigenvalue weighted by atomic mass is 16.1. The molecule has 1 aliphatic heterocycles. The fraction of sp³-hybridized carbons (Fsp3) is 0.263. The molecular formula is C19H19N7O. The van der Waals surface area contributed by atoms with E-state index in [1.807, 2.05) is 6.07 Å². The Balaban J connectivity index is 1.64. The second kappa shape index (κ2) is 7.05. The molecule has 1 fully saturated rings. The highest BCUT2D eigenvalue weighted by molar-refractivity contribution is 6.08. The number of para-hydroxylation sites is 1. The molecule has 8 heteroatoms. The fourth-order valence-corrected chi connectivity index (χ4v) is 3.29. The van der Waals surface area contributed by atoms with Crippen molar-refractivity contribution in [1.29, 1.82) is 5.26 Å². The number of anilines is 2. The quantitative estimate of drug-likeness (QED) is 0.735. The van der Waals surface area contributed by atoms with Gasteiger partial charge in [0.1, 0.15) is 17.5 Å². The average Bonchev–Trinajstić information content (AvgIpc) is 3.11. The monoisotopic (exact) mass is 361 g/mol. The van der Waals surface area contributed by atoms with E-state index in [1.165, 1.54) is 6.20 Å². The number of carbonyl (C=O) groups is 1.